The van der Waals surface area contributed by atoms with E-state index in [0.29, 0.717) is 23.1 Å². The van der Waals surface area contributed by atoms with Gasteiger partial charge in [0, 0.05) is 11.6 Å². The Morgan fingerprint density at radius 1 is 0.792 bits per heavy atom. The van der Waals surface area contributed by atoms with Crippen molar-refractivity contribution in [2.24, 2.45) is 0 Å². The summed E-state index contributed by atoms with van der Waals surface area (Å²) in [6.07, 6.45) is 0. The van der Waals surface area contributed by atoms with Gasteiger partial charge in [-0.2, -0.15) is 0 Å². The molecule has 0 aliphatic carbocycles. The third-order valence-corrected chi connectivity index (χ3v) is 3.66. The Kier molecular flexibility index (Phi) is 4.96. The van der Waals surface area contributed by atoms with Crippen molar-refractivity contribution in [3.05, 3.63) is 89.0 Å². The normalized spacial score (nSPS) is 10.5. The van der Waals surface area contributed by atoms with E-state index in [1.54, 1.807) is 36.4 Å². The summed E-state index contributed by atoms with van der Waals surface area (Å²) in [5, 5.41) is 3.41. The number of hydrogen-bond donors (Lipinski definition) is 1. The molecule has 0 bridgehead atoms. The van der Waals surface area contributed by atoms with Crippen LogP contribution in [0.5, 0.6) is 11.5 Å². The highest BCUT2D eigenvalue weighted by Crippen LogP contribution is 2.24. The Labute approximate surface area is 143 Å². The van der Waals surface area contributed by atoms with Crippen LogP contribution in [0.25, 0.3) is 0 Å². The summed E-state index contributed by atoms with van der Waals surface area (Å²) in [4.78, 5) is 0. The molecule has 0 aromatic heterocycles. The molecule has 5 heteroatoms. The molecular formula is C19H14ClF2NO. The standard InChI is InChI=1S/C19H14ClF2NO/c20-14-6-10-16(11-7-14)24-15-8-4-13(5-9-15)12-23-19-17(21)2-1-3-18(19)22/h1-11,23H,12H2. The van der Waals surface area contributed by atoms with E-state index in [1.807, 2.05) is 12.1 Å². The number of hydrogen-bond acceptors (Lipinski definition) is 2. The fourth-order valence-corrected chi connectivity index (χ4v) is 2.30. The predicted octanol–water partition coefficient (Wildman–Crippen LogP) is 6.02. The third-order valence-electron chi connectivity index (χ3n) is 3.40. The molecule has 2 nitrogen and oxygen atoms in total. The van der Waals surface area contributed by atoms with Gasteiger partial charge in [0.05, 0.1) is 0 Å². The van der Waals surface area contributed by atoms with E-state index in [1.165, 1.54) is 18.2 Å². The Morgan fingerprint density at radius 3 is 1.92 bits per heavy atom. The van der Waals surface area contributed by atoms with Crippen molar-refractivity contribution >= 4 is 17.3 Å². The number of para-hydroxylation sites is 1. The second-order valence-electron chi connectivity index (χ2n) is 5.15. The fourth-order valence-electron chi connectivity index (χ4n) is 2.17. The smallest absolute Gasteiger partial charge is 0.149 e. The lowest BCUT2D eigenvalue weighted by Crippen LogP contribution is -2.03. The highest BCUT2D eigenvalue weighted by atomic mass is 35.5. The number of nitrogens with one attached hydrogen (secondary N) is 1. The zero-order valence-corrected chi connectivity index (χ0v) is 13.4. The van der Waals surface area contributed by atoms with Crippen molar-refractivity contribution in [1.29, 1.82) is 0 Å². The van der Waals surface area contributed by atoms with Gasteiger partial charge in [-0.25, -0.2) is 8.78 Å². The molecule has 3 aromatic carbocycles. The van der Waals surface area contributed by atoms with Crippen molar-refractivity contribution < 1.29 is 13.5 Å². The molecule has 3 rings (SSSR count). The first-order valence-corrected chi connectivity index (χ1v) is 7.70. The number of anilines is 1. The molecule has 24 heavy (non-hydrogen) atoms. The molecule has 0 spiro atoms. The van der Waals surface area contributed by atoms with E-state index in [-0.39, 0.29) is 5.69 Å². The van der Waals surface area contributed by atoms with Crippen molar-refractivity contribution in [3.8, 4) is 11.5 Å². The summed E-state index contributed by atoms with van der Waals surface area (Å²) in [6, 6.07) is 18.1. The van der Waals surface area contributed by atoms with Crippen LogP contribution in [0.4, 0.5) is 14.5 Å². The van der Waals surface area contributed by atoms with E-state index in [2.05, 4.69) is 5.32 Å². The second kappa shape index (κ2) is 7.32. The quantitative estimate of drug-likeness (QED) is 0.610. The van der Waals surface area contributed by atoms with Gasteiger partial charge in [0.2, 0.25) is 0 Å². The molecule has 0 saturated heterocycles. The van der Waals surface area contributed by atoms with Crippen molar-refractivity contribution in [2.75, 3.05) is 5.32 Å². The zero-order valence-electron chi connectivity index (χ0n) is 12.6. The van der Waals surface area contributed by atoms with Crippen LogP contribution in [0.1, 0.15) is 5.56 Å². The number of rotatable bonds is 5. The molecule has 0 aliphatic rings. The first-order chi connectivity index (χ1) is 11.6. The van der Waals surface area contributed by atoms with E-state index in [0.717, 1.165) is 5.56 Å². The highest BCUT2D eigenvalue weighted by Gasteiger charge is 2.07. The summed E-state index contributed by atoms with van der Waals surface area (Å²) < 4.78 is 32.8. The minimum atomic E-state index is -0.613. The van der Waals surface area contributed by atoms with Gasteiger partial charge in [-0.3, -0.25) is 0 Å². The van der Waals surface area contributed by atoms with Crippen LogP contribution in [0, 0.1) is 11.6 Å². The topological polar surface area (TPSA) is 21.3 Å². The average molecular weight is 346 g/mol. The third kappa shape index (κ3) is 4.03. The number of halogens is 3. The predicted molar refractivity (Wildman–Crippen MR) is 91.7 cm³/mol. The molecule has 0 atom stereocenters. The molecule has 0 fully saturated rings. The summed E-state index contributed by atoms with van der Waals surface area (Å²) in [5.41, 5.74) is 0.750. The summed E-state index contributed by atoms with van der Waals surface area (Å²) >= 11 is 5.83. The van der Waals surface area contributed by atoms with Crippen molar-refractivity contribution in [3.63, 3.8) is 0 Å². The van der Waals surface area contributed by atoms with Gasteiger partial charge in [-0.1, -0.05) is 29.8 Å². The van der Waals surface area contributed by atoms with Crippen LogP contribution in [-0.4, -0.2) is 0 Å². The van der Waals surface area contributed by atoms with Crippen molar-refractivity contribution in [1.82, 2.24) is 0 Å². The minimum Gasteiger partial charge on any atom is -0.457 e. The minimum absolute atomic E-state index is 0.126. The van der Waals surface area contributed by atoms with Gasteiger partial charge in [0.15, 0.2) is 0 Å². The first-order valence-electron chi connectivity index (χ1n) is 7.32. The molecule has 0 amide bonds. The second-order valence-corrected chi connectivity index (χ2v) is 5.59. The zero-order chi connectivity index (χ0) is 16.9. The van der Waals surface area contributed by atoms with Gasteiger partial charge in [0.25, 0.3) is 0 Å². The Morgan fingerprint density at radius 2 is 1.33 bits per heavy atom. The summed E-state index contributed by atoms with van der Waals surface area (Å²) in [7, 11) is 0. The molecule has 0 unspecified atom stereocenters. The van der Waals surface area contributed by atoms with Gasteiger partial charge in [0.1, 0.15) is 28.8 Å². The van der Waals surface area contributed by atoms with Crippen LogP contribution in [0.2, 0.25) is 5.02 Å². The molecule has 122 valence electrons. The van der Waals surface area contributed by atoms with Gasteiger partial charge in [-0.15, -0.1) is 0 Å². The van der Waals surface area contributed by atoms with E-state index in [9.17, 15) is 8.78 Å². The molecule has 0 heterocycles. The van der Waals surface area contributed by atoms with E-state index < -0.39 is 11.6 Å². The highest BCUT2D eigenvalue weighted by molar-refractivity contribution is 6.30. The van der Waals surface area contributed by atoms with Gasteiger partial charge < -0.3 is 10.1 Å². The average Bonchev–Trinajstić information content (AvgIpc) is 2.58. The lowest BCUT2D eigenvalue weighted by molar-refractivity contribution is 0.482. The van der Waals surface area contributed by atoms with E-state index >= 15 is 0 Å². The fraction of sp³-hybridized carbons (Fsp3) is 0.0526. The van der Waals surface area contributed by atoms with Crippen LogP contribution >= 0.6 is 11.6 Å². The molecule has 0 saturated carbocycles. The first kappa shape index (κ1) is 16.3. The Hall–Kier alpha value is -2.59. The largest absolute Gasteiger partial charge is 0.457 e. The SMILES string of the molecule is Fc1cccc(F)c1NCc1ccc(Oc2ccc(Cl)cc2)cc1. The molecule has 0 radical (unpaired) electrons. The Bertz CT molecular complexity index is 800. The van der Waals surface area contributed by atoms with Crippen LogP contribution in [-0.2, 0) is 6.54 Å². The van der Waals surface area contributed by atoms with E-state index in [4.69, 9.17) is 16.3 Å². The lowest BCUT2D eigenvalue weighted by atomic mass is 10.2. The van der Waals surface area contributed by atoms with Crippen LogP contribution < -0.4 is 10.1 Å². The molecular weight excluding hydrogens is 332 g/mol. The number of ether oxygens (including phenoxy) is 1. The Balaban J connectivity index is 1.63. The molecule has 0 aliphatic heterocycles. The monoisotopic (exact) mass is 345 g/mol. The van der Waals surface area contributed by atoms with Gasteiger partial charge >= 0.3 is 0 Å². The summed E-state index contributed by atoms with van der Waals surface area (Å²) in [5.74, 6) is 0.118. The lowest BCUT2D eigenvalue weighted by Gasteiger charge is -2.10. The maximum atomic E-state index is 13.6. The molecule has 3 aromatic rings. The maximum absolute atomic E-state index is 13.6. The maximum Gasteiger partial charge on any atom is 0.149 e. The van der Waals surface area contributed by atoms with Crippen LogP contribution in [0.15, 0.2) is 66.7 Å². The van der Waals surface area contributed by atoms with Crippen molar-refractivity contribution in [2.45, 2.75) is 6.54 Å². The van der Waals surface area contributed by atoms with Gasteiger partial charge in [-0.05, 0) is 54.1 Å². The summed E-state index contributed by atoms with van der Waals surface area (Å²) in [6.45, 7) is 0.305. The van der Waals surface area contributed by atoms with Crippen LogP contribution in [0.3, 0.4) is 0 Å². The number of benzene rings is 3. The molecule has 1 N–H and O–H groups in total.